The molecule has 7 heteroatoms. The van der Waals surface area contributed by atoms with Crippen molar-refractivity contribution in [3.05, 3.63) is 40.1 Å². The lowest BCUT2D eigenvalue weighted by molar-refractivity contribution is 0.122. The van der Waals surface area contributed by atoms with Crippen LogP contribution in [0, 0.1) is 6.92 Å². The number of aromatic nitrogens is 2. The Labute approximate surface area is 137 Å². The molecule has 0 spiro atoms. The normalized spacial score (nSPS) is 15.6. The van der Waals surface area contributed by atoms with Gasteiger partial charge in [-0.15, -0.1) is 0 Å². The molecule has 116 valence electrons. The lowest BCUT2D eigenvalue weighted by Crippen LogP contribution is -2.36. The highest BCUT2D eigenvalue weighted by Gasteiger charge is 2.12. The number of aryl methyl sites for hydroxylation is 1. The van der Waals surface area contributed by atoms with Crippen LogP contribution in [0.1, 0.15) is 11.3 Å². The fraction of sp³-hybridized carbons (Fsp3) is 0.333. The molecule has 1 saturated heterocycles. The highest BCUT2D eigenvalue weighted by molar-refractivity contribution is 9.10. The Bertz CT molecular complexity index is 691. The van der Waals surface area contributed by atoms with E-state index in [2.05, 4.69) is 43.0 Å². The molecule has 2 aromatic rings. The van der Waals surface area contributed by atoms with Crippen LogP contribution in [0.2, 0.25) is 0 Å². The molecule has 0 atom stereocenters. The molecular weight excluding hydrogens is 346 g/mol. The first-order valence-electron chi connectivity index (χ1n) is 7.11. The second-order valence-corrected chi connectivity index (χ2v) is 5.99. The van der Waals surface area contributed by atoms with E-state index in [4.69, 9.17) is 10.5 Å². The minimum Gasteiger partial charge on any atom is -0.378 e. The average molecular weight is 364 g/mol. The first-order valence-corrected chi connectivity index (χ1v) is 7.91. The van der Waals surface area contributed by atoms with E-state index in [1.807, 2.05) is 13.0 Å². The molecule has 1 aliphatic heterocycles. The molecule has 0 unspecified atom stereocenters. The van der Waals surface area contributed by atoms with Crippen molar-refractivity contribution in [1.82, 2.24) is 9.66 Å². The molecule has 0 radical (unpaired) electrons. The van der Waals surface area contributed by atoms with Gasteiger partial charge in [-0.2, -0.15) is 5.10 Å². The lowest BCUT2D eigenvalue weighted by atomic mass is 10.2. The number of morpholine rings is 1. The van der Waals surface area contributed by atoms with E-state index in [1.165, 1.54) is 5.69 Å². The number of imidazole rings is 1. The van der Waals surface area contributed by atoms with Crippen LogP contribution < -0.4 is 10.6 Å². The summed E-state index contributed by atoms with van der Waals surface area (Å²) in [6.07, 6.45) is 3.56. The van der Waals surface area contributed by atoms with Crippen molar-refractivity contribution in [3.8, 4) is 0 Å². The smallest absolute Gasteiger partial charge is 0.221 e. The number of nitrogen functional groups attached to an aromatic ring is 1. The second-order valence-electron chi connectivity index (χ2n) is 5.13. The summed E-state index contributed by atoms with van der Waals surface area (Å²) in [7, 11) is 0. The summed E-state index contributed by atoms with van der Waals surface area (Å²) in [6.45, 7) is 5.28. The molecule has 1 aliphatic rings. The summed E-state index contributed by atoms with van der Waals surface area (Å²) in [5.74, 6) is 0.384. The molecule has 6 nitrogen and oxygen atoms in total. The largest absolute Gasteiger partial charge is 0.378 e. The number of halogens is 1. The van der Waals surface area contributed by atoms with Crippen molar-refractivity contribution in [1.29, 1.82) is 0 Å². The van der Waals surface area contributed by atoms with Crippen LogP contribution in [0.3, 0.4) is 0 Å². The molecule has 2 heterocycles. The summed E-state index contributed by atoms with van der Waals surface area (Å²) in [5.41, 5.74) is 8.79. The van der Waals surface area contributed by atoms with Gasteiger partial charge >= 0.3 is 0 Å². The number of nitrogens with two attached hydrogens (primary N) is 1. The number of benzene rings is 1. The fourth-order valence-electron chi connectivity index (χ4n) is 2.36. The minimum atomic E-state index is 0.384. The van der Waals surface area contributed by atoms with Crippen LogP contribution in [0.5, 0.6) is 0 Å². The first-order chi connectivity index (χ1) is 10.6. The molecule has 0 saturated carbocycles. The first kappa shape index (κ1) is 15.1. The van der Waals surface area contributed by atoms with Crippen molar-refractivity contribution >= 4 is 33.8 Å². The quantitative estimate of drug-likeness (QED) is 0.849. The molecule has 0 aliphatic carbocycles. The lowest BCUT2D eigenvalue weighted by Gasteiger charge is -2.29. The van der Waals surface area contributed by atoms with E-state index in [0.29, 0.717) is 5.95 Å². The average Bonchev–Trinajstić information content (AvgIpc) is 2.85. The molecule has 1 aromatic heterocycles. The third-order valence-corrected chi connectivity index (χ3v) is 4.20. The Kier molecular flexibility index (Phi) is 4.44. The highest BCUT2D eigenvalue weighted by Crippen LogP contribution is 2.24. The Morgan fingerprint density at radius 1 is 1.36 bits per heavy atom. The third-order valence-electron chi connectivity index (χ3n) is 3.52. The van der Waals surface area contributed by atoms with E-state index >= 15 is 0 Å². The third kappa shape index (κ3) is 3.31. The molecule has 3 rings (SSSR count). The van der Waals surface area contributed by atoms with Crippen molar-refractivity contribution < 1.29 is 4.74 Å². The molecule has 22 heavy (non-hydrogen) atoms. The van der Waals surface area contributed by atoms with E-state index in [1.54, 1.807) is 17.1 Å². The topological polar surface area (TPSA) is 68.7 Å². The maximum Gasteiger partial charge on any atom is 0.221 e. The van der Waals surface area contributed by atoms with Crippen LogP contribution in [0.4, 0.5) is 11.6 Å². The predicted octanol–water partition coefficient (Wildman–Crippen LogP) is 2.26. The van der Waals surface area contributed by atoms with Crippen molar-refractivity contribution in [2.24, 2.45) is 5.10 Å². The van der Waals surface area contributed by atoms with Gasteiger partial charge in [-0.25, -0.2) is 9.66 Å². The zero-order valence-electron chi connectivity index (χ0n) is 12.4. The number of nitrogens with zero attached hydrogens (tertiary/aromatic N) is 4. The number of rotatable bonds is 3. The maximum atomic E-state index is 5.77. The van der Waals surface area contributed by atoms with Gasteiger partial charge in [-0.3, -0.25) is 0 Å². The fourth-order valence-corrected chi connectivity index (χ4v) is 2.83. The number of anilines is 2. The number of hydrogen-bond acceptors (Lipinski definition) is 5. The monoisotopic (exact) mass is 363 g/mol. The highest BCUT2D eigenvalue weighted by atomic mass is 79.9. The maximum absolute atomic E-state index is 5.77. The summed E-state index contributed by atoms with van der Waals surface area (Å²) in [5, 5.41) is 4.34. The second kappa shape index (κ2) is 6.50. The van der Waals surface area contributed by atoms with E-state index < -0.39 is 0 Å². The Balaban J connectivity index is 1.78. The van der Waals surface area contributed by atoms with Crippen molar-refractivity contribution in [2.45, 2.75) is 6.92 Å². The Morgan fingerprint density at radius 3 is 2.77 bits per heavy atom. The van der Waals surface area contributed by atoms with Crippen LogP contribution in [-0.4, -0.2) is 42.2 Å². The Hall–Kier alpha value is -1.86. The van der Waals surface area contributed by atoms with Crippen LogP contribution in [0.25, 0.3) is 0 Å². The van der Waals surface area contributed by atoms with Gasteiger partial charge in [0, 0.05) is 28.8 Å². The number of hydrogen-bond donors (Lipinski definition) is 1. The van der Waals surface area contributed by atoms with Gasteiger partial charge in [-0.1, -0.05) is 22.0 Å². The van der Waals surface area contributed by atoms with Crippen LogP contribution in [-0.2, 0) is 4.74 Å². The summed E-state index contributed by atoms with van der Waals surface area (Å²) in [4.78, 5) is 6.43. The van der Waals surface area contributed by atoms with Gasteiger partial charge < -0.3 is 15.4 Å². The van der Waals surface area contributed by atoms with Crippen molar-refractivity contribution in [3.63, 3.8) is 0 Å². The van der Waals surface area contributed by atoms with Gasteiger partial charge in [0.25, 0.3) is 0 Å². The molecule has 0 amide bonds. The molecule has 1 fully saturated rings. The van der Waals surface area contributed by atoms with Gasteiger partial charge in [0.1, 0.15) is 0 Å². The zero-order valence-corrected chi connectivity index (χ0v) is 14.0. The van der Waals surface area contributed by atoms with Crippen LogP contribution in [0.15, 0.2) is 34.0 Å². The number of ether oxygens (including phenoxy) is 1. The van der Waals surface area contributed by atoms with Gasteiger partial charge in [0.15, 0.2) is 0 Å². The minimum absolute atomic E-state index is 0.384. The van der Waals surface area contributed by atoms with E-state index in [0.717, 1.165) is 42.0 Å². The molecule has 1 aromatic carbocycles. The molecular formula is C15H18BrN5O. The molecule has 2 N–H and O–H groups in total. The van der Waals surface area contributed by atoms with E-state index in [-0.39, 0.29) is 0 Å². The molecule has 0 bridgehead atoms. The summed E-state index contributed by atoms with van der Waals surface area (Å²) < 4.78 is 7.94. The SMILES string of the molecule is Cc1cn(N=Cc2ccc(N3CCOCC3)cc2Br)c(N)n1. The van der Waals surface area contributed by atoms with E-state index in [9.17, 15) is 0 Å². The predicted molar refractivity (Wildman–Crippen MR) is 91.5 cm³/mol. The van der Waals surface area contributed by atoms with Gasteiger partial charge in [-0.05, 0) is 19.1 Å². The van der Waals surface area contributed by atoms with Gasteiger partial charge in [0.2, 0.25) is 5.95 Å². The summed E-state index contributed by atoms with van der Waals surface area (Å²) >= 11 is 3.61. The van der Waals surface area contributed by atoms with Gasteiger partial charge in [0.05, 0.1) is 31.3 Å². The summed E-state index contributed by atoms with van der Waals surface area (Å²) in [6, 6.07) is 6.24. The standard InChI is InChI=1S/C15H18BrN5O/c1-11-10-21(15(17)19-11)18-9-12-2-3-13(8-14(12)16)20-4-6-22-7-5-20/h2-3,8-10H,4-7H2,1H3,(H2,17,19). The van der Waals surface area contributed by atoms with Crippen LogP contribution >= 0.6 is 15.9 Å². The Morgan fingerprint density at radius 2 is 2.14 bits per heavy atom. The van der Waals surface area contributed by atoms with Crippen molar-refractivity contribution in [2.75, 3.05) is 36.9 Å². The zero-order chi connectivity index (χ0) is 15.5.